The number of hydrogen-bond acceptors (Lipinski definition) is 3. The van der Waals surface area contributed by atoms with Crippen molar-refractivity contribution in [1.82, 2.24) is 0 Å². The SMILES string of the molecule is CCCCCCCCCCCCCCCC(=O)O[C@@H](CCCCCCCCCC)C(=O)O. The summed E-state index contributed by atoms with van der Waals surface area (Å²) in [5, 5.41) is 9.33. The molecule has 0 spiro atoms. The summed E-state index contributed by atoms with van der Waals surface area (Å²) >= 11 is 0. The Morgan fingerprint density at radius 1 is 0.562 bits per heavy atom. The maximum atomic E-state index is 12.0. The van der Waals surface area contributed by atoms with Crippen LogP contribution in [0.4, 0.5) is 0 Å². The number of esters is 1. The number of carbonyl (C=O) groups is 2. The number of unbranched alkanes of at least 4 members (excludes halogenated alkanes) is 19. The Hall–Kier alpha value is -1.06. The van der Waals surface area contributed by atoms with Crippen molar-refractivity contribution >= 4 is 11.9 Å². The minimum atomic E-state index is -1.01. The van der Waals surface area contributed by atoms with Crippen LogP contribution in [0.1, 0.15) is 162 Å². The molecule has 0 aromatic rings. The van der Waals surface area contributed by atoms with Gasteiger partial charge in [0, 0.05) is 6.42 Å². The Morgan fingerprint density at radius 2 is 0.906 bits per heavy atom. The van der Waals surface area contributed by atoms with Crippen molar-refractivity contribution in [3.8, 4) is 0 Å². The minimum absolute atomic E-state index is 0.346. The molecule has 4 heteroatoms. The van der Waals surface area contributed by atoms with Crippen molar-refractivity contribution in [2.75, 3.05) is 0 Å². The fraction of sp³-hybridized carbons (Fsp3) is 0.929. The van der Waals surface area contributed by atoms with Gasteiger partial charge >= 0.3 is 11.9 Å². The van der Waals surface area contributed by atoms with Crippen LogP contribution in [-0.4, -0.2) is 23.1 Å². The van der Waals surface area contributed by atoms with E-state index in [-0.39, 0.29) is 5.97 Å². The van der Waals surface area contributed by atoms with Crippen LogP contribution < -0.4 is 0 Å². The summed E-state index contributed by atoms with van der Waals surface area (Å²) in [5.74, 6) is -1.35. The third kappa shape index (κ3) is 22.1. The maximum absolute atomic E-state index is 12.0. The Balaban J connectivity index is 3.57. The topological polar surface area (TPSA) is 63.6 Å². The van der Waals surface area contributed by atoms with E-state index < -0.39 is 12.1 Å². The van der Waals surface area contributed by atoms with Gasteiger partial charge in [-0.2, -0.15) is 0 Å². The zero-order chi connectivity index (χ0) is 23.7. The molecule has 0 aromatic heterocycles. The third-order valence-electron chi connectivity index (χ3n) is 6.35. The first-order valence-electron chi connectivity index (χ1n) is 14.0. The van der Waals surface area contributed by atoms with Crippen molar-refractivity contribution in [2.24, 2.45) is 0 Å². The molecule has 1 N–H and O–H groups in total. The van der Waals surface area contributed by atoms with E-state index in [2.05, 4.69) is 13.8 Å². The predicted octanol–water partition coefficient (Wildman–Crippen LogP) is 8.99. The van der Waals surface area contributed by atoms with Crippen molar-refractivity contribution in [1.29, 1.82) is 0 Å². The Morgan fingerprint density at radius 3 is 1.28 bits per heavy atom. The average molecular weight is 455 g/mol. The Labute approximate surface area is 199 Å². The van der Waals surface area contributed by atoms with E-state index in [1.165, 1.54) is 96.3 Å². The second-order valence-corrected chi connectivity index (χ2v) is 9.57. The fourth-order valence-electron chi connectivity index (χ4n) is 4.20. The largest absolute Gasteiger partial charge is 0.479 e. The quantitative estimate of drug-likeness (QED) is 0.110. The first kappa shape index (κ1) is 30.9. The second kappa shape index (κ2) is 24.6. The summed E-state index contributed by atoms with van der Waals surface area (Å²) in [6.45, 7) is 4.47. The molecule has 0 saturated heterocycles. The average Bonchev–Trinajstić information content (AvgIpc) is 2.77. The lowest BCUT2D eigenvalue weighted by Gasteiger charge is -2.13. The van der Waals surface area contributed by atoms with Crippen LogP contribution in [0.15, 0.2) is 0 Å². The maximum Gasteiger partial charge on any atom is 0.345 e. The molecule has 1 atom stereocenters. The molecule has 0 heterocycles. The summed E-state index contributed by atoms with van der Waals surface area (Å²) < 4.78 is 5.24. The number of ether oxygens (including phenoxy) is 1. The van der Waals surface area contributed by atoms with Gasteiger partial charge in [-0.25, -0.2) is 4.79 Å². The van der Waals surface area contributed by atoms with Crippen LogP contribution in [0.25, 0.3) is 0 Å². The van der Waals surface area contributed by atoms with Gasteiger partial charge in [0.25, 0.3) is 0 Å². The molecule has 0 aliphatic heterocycles. The van der Waals surface area contributed by atoms with Gasteiger partial charge in [-0.3, -0.25) is 4.79 Å². The highest BCUT2D eigenvalue weighted by Gasteiger charge is 2.21. The van der Waals surface area contributed by atoms with Gasteiger partial charge in [0.1, 0.15) is 0 Å². The second-order valence-electron chi connectivity index (χ2n) is 9.57. The molecule has 0 aromatic carbocycles. The van der Waals surface area contributed by atoms with Gasteiger partial charge in [0.2, 0.25) is 0 Å². The van der Waals surface area contributed by atoms with Gasteiger partial charge < -0.3 is 9.84 Å². The van der Waals surface area contributed by atoms with E-state index in [1.54, 1.807) is 0 Å². The molecule has 0 amide bonds. The van der Waals surface area contributed by atoms with E-state index in [0.29, 0.717) is 12.8 Å². The van der Waals surface area contributed by atoms with Crippen LogP contribution in [0.2, 0.25) is 0 Å². The van der Waals surface area contributed by atoms with Crippen LogP contribution >= 0.6 is 0 Å². The number of carboxylic acids is 1. The number of carboxylic acid groups (broad SMARTS) is 1. The molecule has 32 heavy (non-hydrogen) atoms. The van der Waals surface area contributed by atoms with E-state index in [4.69, 9.17) is 4.74 Å². The molecule has 0 rings (SSSR count). The van der Waals surface area contributed by atoms with Crippen LogP contribution in [-0.2, 0) is 14.3 Å². The van der Waals surface area contributed by atoms with Crippen molar-refractivity contribution in [3.63, 3.8) is 0 Å². The Kier molecular flexibility index (Phi) is 23.8. The number of hydrogen-bond donors (Lipinski definition) is 1. The summed E-state index contributed by atoms with van der Waals surface area (Å²) in [4.78, 5) is 23.4. The van der Waals surface area contributed by atoms with E-state index in [0.717, 1.165) is 38.5 Å². The standard InChI is InChI=1S/C28H54O4/c1-3-5-7-9-11-13-14-15-16-17-19-21-23-25-27(29)32-26(28(30)31)24-22-20-18-12-10-8-6-4-2/h26H,3-25H2,1-2H3,(H,30,31)/t26-/m0/s1. The van der Waals surface area contributed by atoms with Crippen molar-refractivity contribution < 1.29 is 19.4 Å². The van der Waals surface area contributed by atoms with Crippen molar-refractivity contribution in [2.45, 2.75) is 168 Å². The molecular formula is C28H54O4. The normalized spacial score (nSPS) is 12.1. The molecule has 0 fully saturated rings. The van der Waals surface area contributed by atoms with E-state index >= 15 is 0 Å². The lowest BCUT2D eigenvalue weighted by atomic mass is 10.0. The first-order valence-corrected chi connectivity index (χ1v) is 14.0. The van der Waals surface area contributed by atoms with Crippen LogP contribution in [0.5, 0.6) is 0 Å². The number of rotatable bonds is 25. The lowest BCUT2D eigenvalue weighted by Crippen LogP contribution is -2.27. The predicted molar refractivity (Wildman–Crippen MR) is 135 cm³/mol. The number of carbonyl (C=O) groups excluding carboxylic acids is 1. The lowest BCUT2D eigenvalue weighted by molar-refractivity contribution is -0.164. The van der Waals surface area contributed by atoms with Crippen LogP contribution in [0.3, 0.4) is 0 Å². The molecule has 190 valence electrons. The Bertz CT molecular complexity index is 422. The smallest absolute Gasteiger partial charge is 0.345 e. The minimum Gasteiger partial charge on any atom is -0.479 e. The van der Waals surface area contributed by atoms with Gasteiger partial charge in [-0.1, -0.05) is 136 Å². The fourth-order valence-corrected chi connectivity index (χ4v) is 4.20. The molecule has 0 unspecified atom stereocenters. The molecule has 0 aliphatic carbocycles. The summed E-state index contributed by atoms with van der Waals surface area (Å²) in [6.07, 6.45) is 25.6. The monoisotopic (exact) mass is 454 g/mol. The molecule has 0 saturated carbocycles. The van der Waals surface area contributed by atoms with Gasteiger partial charge in [0.15, 0.2) is 6.10 Å². The molecule has 0 aliphatic rings. The first-order chi connectivity index (χ1) is 15.6. The van der Waals surface area contributed by atoms with E-state index in [9.17, 15) is 14.7 Å². The summed E-state index contributed by atoms with van der Waals surface area (Å²) in [5.41, 5.74) is 0. The van der Waals surface area contributed by atoms with Gasteiger partial charge in [-0.15, -0.1) is 0 Å². The molecule has 0 radical (unpaired) electrons. The highest BCUT2D eigenvalue weighted by molar-refractivity contribution is 5.77. The highest BCUT2D eigenvalue weighted by Crippen LogP contribution is 2.15. The summed E-state index contributed by atoms with van der Waals surface area (Å²) in [6, 6.07) is 0. The number of aliphatic carboxylic acids is 1. The van der Waals surface area contributed by atoms with Crippen LogP contribution in [0, 0.1) is 0 Å². The molecule has 4 nitrogen and oxygen atoms in total. The zero-order valence-corrected chi connectivity index (χ0v) is 21.5. The molecular weight excluding hydrogens is 400 g/mol. The van der Waals surface area contributed by atoms with E-state index in [1.807, 2.05) is 0 Å². The van der Waals surface area contributed by atoms with Crippen molar-refractivity contribution in [3.05, 3.63) is 0 Å². The summed E-state index contributed by atoms with van der Waals surface area (Å²) in [7, 11) is 0. The third-order valence-corrected chi connectivity index (χ3v) is 6.35. The van der Waals surface area contributed by atoms with Gasteiger partial charge in [0.05, 0.1) is 0 Å². The van der Waals surface area contributed by atoms with Gasteiger partial charge in [-0.05, 0) is 19.3 Å². The zero-order valence-electron chi connectivity index (χ0n) is 21.5. The highest BCUT2D eigenvalue weighted by atomic mass is 16.6. The molecule has 0 bridgehead atoms.